The van der Waals surface area contributed by atoms with Crippen molar-refractivity contribution in [1.82, 2.24) is 45.3 Å². The molecule has 3 aromatic heterocycles. The fourth-order valence-corrected chi connectivity index (χ4v) is 13.4. The molecule has 3 atom stereocenters. The van der Waals surface area contributed by atoms with E-state index in [2.05, 4.69) is 99.8 Å². The summed E-state index contributed by atoms with van der Waals surface area (Å²) >= 11 is 0. The van der Waals surface area contributed by atoms with Crippen LogP contribution in [0.3, 0.4) is 0 Å². The Morgan fingerprint density at radius 2 is 0.691 bits per heavy atom. The predicted octanol–water partition coefficient (Wildman–Crippen LogP) is 13.3. The van der Waals surface area contributed by atoms with Gasteiger partial charge >= 0.3 is 0 Å². The van der Waals surface area contributed by atoms with E-state index in [1.54, 1.807) is 0 Å². The number of hydrogen-bond acceptors (Lipinski definition) is 6. The number of nitrogens with zero attached hydrogens (tertiary/aromatic N) is 6. The predicted molar refractivity (Wildman–Crippen MR) is 323 cm³/mol. The molecule has 426 valence electrons. The SMILES string of the molecule is C[C@@H](NC(=O)c1nn(Cc2ccccc2)c2c1CCCC2)C1CCCCC1.C[C@@H](NC(=O)c1nn(Cc2ccccc2)c2c1CCCC2)C1CCCCC1.C[C@H](NC(=O)c1nn(Cc2ccccc2)c2c1CCCC2)c1ccccc1. The second-order valence-electron chi connectivity index (χ2n) is 23.8. The van der Waals surface area contributed by atoms with Crippen molar-refractivity contribution in [2.75, 3.05) is 0 Å². The summed E-state index contributed by atoms with van der Waals surface area (Å²) in [7, 11) is 0. The van der Waals surface area contributed by atoms with Gasteiger partial charge in [-0.25, -0.2) is 0 Å². The zero-order chi connectivity index (χ0) is 55.9. The molecular formula is C69H87N9O3. The van der Waals surface area contributed by atoms with Gasteiger partial charge in [0.25, 0.3) is 17.7 Å². The summed E-state index contributed by atoms with van der Waals surface area (Å²) in [4.78, 5) is 39.1. The van der Waals surface area contributed by atoms with Gasteiger partial charge in [0.05, 0.1) is 25.7 Å². The minimum absolute atomic E-state index is 0.0260. The summed E-state index contributed by atoms with van der Waals surface area (Å²) in [5.74, 6) is 1.21. The molecule has 12 rings (SSSR count). The highest BCUT2D eigenvalue weighted by Gasteiger charge is 2.31. The van der Waals surface area contributed by atoms with Crippen molar-refractivity contribution in [3.8, 4) is 0 Å². The van der Waals surface area contributed by atoms with E-state index in [9.17, 15) is 14.4 Å². The van der Waals surface area contributed by atoms with Crippen LogP contribution in [0.1, 0.15) is 217 Å². The molecule has 0 saturated heterocycles. The Bertz CT molecular complexity index is 3000. The molecule has 12 nitrogen and oxygen atoms in total. The molecule has 0 radical (unpaired) electrons. The molecule has 0 unspecified atom stereocenters. The second kappa shape index (κ2) is 28.1. The van der Waals surface area contributed by atoms with Crippen molar-refractivity contribution in [3.05, 3.63) is 194 Å². The molecule has 3 N–H and O–H groups in total. The van der Waals surface area contributed by atoms with E-state index in [1.165, 1.54) is 122 Å². The highest BCUT2D eigenvalue weighted by atomic mass is 16.2. The maximum absolute atomic E-state index is 13.0. The molecule has 5 aliphatic carbocycles. The third-order valence-corrected chi connectivity index (χ3v) is 18.0. The van der Waals surface area contributed by atoms with Crippen LogP contribution in [0.25, 0.3) is 0 Å². The van der Waals surface area contributed by atoms with Crippen molar-refractivity contribution < 1.29 is 14.4 Å². The number of carbonyl (C=O) groups excluding carboxylic acids is 3. The minimum Gasteiger partial charge on any atom is -0.348 e. The number of fused-ring (bicyclic) bond motifs is 3. The van der Waals surface area contributed by atoms with Gasteiger partial charge in [0.1, 0.15) is 0 Å². The summed E-state index contributed by atoms with van der Waals surface area (Å²) in [6, 6.07) is 41.6. The number of nitrogens with one attached hydrogen (secondary N) is 3. The average molecular weight is 1090 g/mol. The van der Waals surface area contributed by atoms with Gasteiger partial charge in [-0.2, -0.15) is 15.3 Å². The van der Waals surface area contributed by atoms with E-state index >= 15 is 0 Å². The van der Waals surface area contributed by atoms with Crippen LogP contribution in [0.2, 0.25) is 0 Å². The first-order valence-electron chi connectivity index (χ1n) is 31.0. The molecule has 2 saturated carbocycles. The molecule has 7 aromatic rings. The quantitative estimate of drug-likeness (QED) is 0.0934. The monoisotopic (exact) mass is 1090 g/mol. The minimum atomic E-state index is -0.0729. The van der Waals surface area contributed by atoms with Crippen LogP contribution in [0.5, 0.6) is 0 Å². The maximum Gasteiger partial charge on any atom is 0.272 e. The molecule has 0 bridgehead atoms. The van der Waals surface area contributed by atoms with E-state index < -0.39 is 0 Å². The number of rotatable bonds is 15. The first-order chi connectivity index (χ1) is 39.7. The number of aromatic nitrogens is 6. The van der Waals surface area contributed by atoms with Gasteiger partial charge in [-0.1, -0.05) is 160 Å². The van der Waals surface area contributed by atoms with E-state index in [0.717, 1.165) is 88.4 Å². The number of carbonyl (C=O) groups is 3. The van der Waals surface area contributed by atoms with Crippen molar-refractivity contribution in [2.45, 2.75) is 200 Å². The fourth-order valence-electron chi connectivity index (χ4n) is 13.4. The smallest absolute Gasteiger partial charge is 0.272 e. The van der Waals surface area contributed by atoms with E-state index in [0.29, 0.717) is 35.5 Å². The van der Waals surface area contributed by atoms with Crippen LogP contribution in [0, 0.1) is 11.8 Å². The lowest BCUT2D eigenvalue weighted by molar-refractivity contribution is 0.0904. The first kappa shape index (κ1) is 57.2. The van der Waals surface area contributed by atoms with Gasteiger partial charge in [-0.15, -0.1) is 0 Å². The van der Waals surface area contributed by atoms with Gasteiger partial charge in [0, 0.05) is 45.9 Å². The second-order valence-corrected chi connectivity index (χ2v) is 23.8. The number of amides is 3. The van der Waals surface area contributed by atoms with Crippen LogP contribution < -0.4 is 16.0 Å². The van der Waals surface area contributed by atoms with Crippen molar-refractivity contribution in [2.24, 2.45) is 11.8 Å². The molecule has 0 aliphatic heterocycles. The molecule has 12 heteroatoms. The number of benzene rings is 4. The van der Waals surface area contributed by atoms with Gasteiger partial charge in [-0.05, 0) is 158 Å². The van der Waals surface area contributed by atoms with E-state index in [4.69, 9.17) is 15.3 Å². The van der Waals surface area contributed by atoms with Crippen molar-refractivity contribution >= 4 is 17.7 Å². The number of hydrogen-bond donors (Lipinski definition) is 3. The van der Waals surface area contributed by atoms with Gasteiger partial charge in [0.2, 0.25) is 0 Å². The lowest BCUT2D eigenvalue weighted by Crippen LogP contribution is -2.39. The third kappa shape index (κ3) is 14.7. The summed E-state index contributed by atoms with van der Waals surface area (Å²) in [5.41, 5.74) is 14.0. The van der Waals surface area contributed by atoms with Crippen molar-refractivity contribution in [3.63, 3.8) is 0 Å². The molecule has 3 amide bonds. The largest absolute Gasteiger partial charge is 0.348 e. The Morgan fingerprint density at radius 3 is 1.02 bits per heavy atom. The molecular weight excluding hydrogens is 1000 g/mol. The molecule has 4 aromatic carbocycles. The molecule has 3 heterocycles. The maximum atomic E-state index is 13.0. The highest BCUT2D eigenvalue weighted by Crippen LogP contribution is 2.31. The topological polar surface area (TPSA) is 141 Å². The van der Waals surface area contributed by atoms with Crippen LogP contribution >= 0.6 is 0 Å². The Hall–Kier alpha value is -7.08. The summed E-state index contributed by atoms with van der Waals surface area (Å²) in [6.45, 7) is 8.55. The fraction of sp³-hybridized carbons (Fsp3) is 0.478. The normalized spacial score (nSPS) is 17.3. The lowest BCUT2D eigenvalue weighted by Gasteiger charge is -2.28. The zero-order valence-electron chi connectivity index (χ0n) is 48.5. The Labute approximate surface area is 481 Å². The molecule has 5 aliphatic rings. The summed E-state index contributed by atoms with van der Waals surface area (Å²) in [5, 5.41) is 24.0. The summed E-state index contributed by atoms with van der Waals surface area (Å²) < 4.78 is 6.18. The third-order valence-electron chi connectivity index (χ3n) is 18.0. The summed E-state index contributed by atoms with van der Waals surface area (Å²) in [6.07, 6.45) is 25.7. The lowest BCUT2D eigenvalue weighted by atomic mass is 9.84. The van der Waals surface area contributed by atoms with Gasteiger partial charge in [0.15, 0.2) is 17.1 Å². The Balaban J connectivity index is 0.000000136. The Kier molecular flexibility index (Phi) is 19.8. The van der Waals surface area contributed by atoms with Crippen LogP contribution in [-0.4, -0.2) is 59.1 Å². The van der Waals surface area contributed by atoms with Gasteiger partial charge < -0.3 is 16.0 Å². The standard InChI is InChI=1S/2C23H31N3O.C23H25N3O/c3*1-17(19-12-6-3-7-13-19)24-23(27)22-20-14-8-9-15-21(20)26(25-22)16-18-10-4-2-5-11-18/h2*2,4-5,10-11,17,19H,3,6-9,12-16H2,1H3,(H,24,27);2-7,10-13,17H,8-9,14-16H2,1H3,(H,24,27)/t3*17-/m110/s1. The average Bonchev–Trinajstić information content (AvgIpc) is 4.42. The van der Waals surface area contributed by atoms with Crippen LogP contribution in [0.15, 0.2) is 121 Å². The van der Waals surface area contributed by atoms with Crippen molar-refractivity contribution in [1.29, 1.82) is 0 Å². The molecule has 0 spiro atoms. The van der Waals surface area contributed by atoms with Crippen LogP contribution in [0.4, 0.5) is 0 Å². The molecule has 81 heavy (non-hydrogen) atoms. The van der Waals surface area contributed by atoms with E-state index in [-0.39, 0.29) is 35.8 Å². The Morgan fingerprint density at radius 1 is 0.395 bits per heavy atom. The molecule has 2 fully saturated rings. The zero-order valence-corrected chi connectivity index (χ0v) is 48.5. The van der Waals surface area contributed by atoms with Crippen LogP contribution in [-0.2, 0) is 58.2 Å². The van der Waals surface area contributed by atoms with E-state index in [1.807, 2.05) is 72.3 Å². The highest BCUT2D eigenvalue weighted by molar-refractivity contribution is 5.95. The first-order valence-corrected chi connectivity index (χ1v) is 31.0. The van der Waals surface area contributed by atoms with Gasteiger partial charge in [-0.3, -0.25) is 28.4 Å².